The maximum atomic E-state index is 11.9. The third kappa shape index (κ3) is 6.22. The summed E-state index contributed by atoms with van der Waals surface area (Å²) in [4.78, 5) is 32.2. The molecule has 10 nitrogen and oxygen atoms in total. The Morgan fingerprint density at radius 2 is 2.11 bits per heavy atom. The van der Waals surface area contributed by atoms with E-state index in [-0.39, 0.29) is 37.9 Å². The van der Waals surface area contributed by atoms with Gasteiger partial charge in [-0.2, -0.15) is 0 Å². The molecule has 0 aromatic carbocycles. The highest BCUT2D eigenvalue weighted by molar-refractivity contribution is 7.52. The van der Waals surface area contributed by atoms with E-state index in [1.807, 2.05) is 18.4 Å². The van der Waals surface area contributed by atoms with Crippen molar-refractivity contribution in [1.29, 1.82) is 0 Å². The highest BCUT2D eigenvalue weighted by atomic mass is 31.2. The van der Waals surface area contributed by atoms with Crippen molar-refractivity contribution in [2.45, 2.75) is 51.9 Å². The lowest BCUT2D eigenvalue weighted by molar-refractivity contribution is 0.0105. The Morgan fingerprint density at radius 3 is 2.82 bits per heavy atom. The quantitative estimate of drug-likeness (QED) is 0.551. The Morgan fingerprint density at radius 1 is 1.39 bits per heavy atom. The van der Waals surface area contributed by atoms with Crippen LogP contribution >= 0.6 is 7.60 Å². The zero-order valence-electron chi connectivity index (χ0n) is 16.4. The molecule has 0 aliphatic carbocycles. The molecule has 3 N–H and O–H groups in total. The fourth-order valence-electron chi connectivity index (χ4n) is 3.17. The van der Waals surface area contributed by atoms with E-state index in [0.29, 0.717) is 17.7 Å². The van der Waals surface area contributed by atoms with Gasteiger partial charge in [-0.05, 0) is 25.2 Å². The second kappa shape index (κ2) is 10.3. The van der Waals surface area contributed by atoms with E-state index in [1.165, 1.54) is 6.33 Å². The summed E-state index contributed by atoms with van der Waals surface area (Å²) in [6, 6.07) is 0. The van der Waals surface area contributed by atoms with E-state index in [4.69, 9.17) is 14.4 Å². The highest BCUT2D eigenvalue weighted by Crippen LogP contribution is 2.44. The average molecular weight is 418 g/mol. The van der Waals surface area contributed by atoms with Crippen molar-refractivity contribution < 1.29 is 25.3 Å². The second-order valence-corrected chi connectivity index (χ2v) is 9.00. The molecule has 28 heavy (non-hydrogen) atoms. The number of H-pyrrole nitrogens is 1. The summed E-state index contributed by atoms with van der Waals surface area (Å²) < 4.78 is 24.9. The number of hydrogen-bond donors (Lipinski definition) is 3. The minimum atomic E-state index is -3.54. The van der Waals surface area contributed by atoms with Gasteiger partial charge in [-0.1, -0.05) is 13.8 Å². The van der Waals surface area contributed by atoms with Crippen LogP contribution in [-0.2, 0) is 20.4 Å². The first-order chi connectivity index (χ1) is 13.3. The van der Waals surface area contributed by atoms with Crippen molar-refractivity contribution in [2.24, 2.45) is 5.92 Å². The summed E-state index contributed by atoms with van der Waals surface area (Å²) in [6.45, 7) is 4.55. The monoisotopic (exact) mass is 418 g/mol. The summed E-state index contributed by atoms with van der Waals surface area (Å²) in [6.07, 6.45) is 5.44. The smallest absolute Gasteiger partial charge is 0.328 e. The molecule has 160 valence electrons. The number of hydrogen-bond acceptors (Lipinski definition) is 7. The normalized spacial score (nSPS) is 21.5. The van der Waals surface area contributed by atoms with Crippen molar-refractivity contribution in [3.8, 4) is 0 Å². The lowest BCUT2D eigenvalue weighted by atomic mass is 10.1. The highest BCUT2D eigenvalue weighted by Gasteiger charge is 2.29. The van der Waals surface area contributed by atoms with E-state index >= 15 is 0 Å². The van der Waals surface area contributed by atoms with Gasteiger partial charge >= 0.3 is 7.60 Å². The molecule has 0 radical (unpaired) electrons. The number of aliphatic hydroxyl groups is 1. The zero-order valence-corrected chi connectivity index (χ0v) is 17.3. The fourth-order valence-corrected chi connectivity index (χ4v) is 4.59. The largest absolute Gasteiger partial charge is 0.400 e. The molecule has 3 heterocycles. The topological polar surface area (TPSA) is 140 Å². The number of aromatic nitrogens is 4. The van der Waals surface area contributed by atoms with Crippen molar-refractivity contribution in [3.63, 3.8) is 0 Å². The molecular formula is C17H31N4O6P. The van der Waals surface area contributed by atoms with Crippen LogP contribution in [0.3, 0.4) is 0 Å². The van der Waals surface area contributed by atoms with Gasteiger partial charge in [0.25, 0.3) is 5.56 Å². The molecule has 1 unspecified atom stereocenters. The number of rotatable bonds is 8. The second-order valence-electron chi connectivity index (χ2n) is 7.10. The average Bonchev–Trinajstić information content (AvgIpc) is 3.26. The van der Waals surface area contributed by atoms with E-state index in [0.717, 1.165) is 26.4 Å². The molecule has 2 aromatic heterocycles. The third-order valence-electron chi connectivity index (χ3n) is 4.35. The van der Waals surface area contributed by atoms with Crippen LogP contribution in [0.25, 0.3) is 11.2 Å². The molecule has 1 aliphatic rings. The molecule has 1 saturated heterocycles. The van der Waals surface area contributed by atoms with Crippen molar-refractivity contribution in [1.82, 2.24) is 19.5 Å². The van der Waals surface area contributed by atoms with E-state index in [2.05, 4.69) is 15.0 Å². The van der Waals surface area contributed by atoms with Crippen molar-refractivity contribution in [3.05, 3.63) is 23.0 Å². The van der Waals surface area contributed by atoms with Crippen LogP contribution in [-0.4, -0.2) is 61.6 Å². The maximum absolute atomic E-state index is 11.9. The zero-order chi connectivity index (χ0) is 20.7. The minimum Gasteiger partial charge on any atom is -0.400 e. The van der Waals surface area contributed by atoms with Crippen molar-refractivity contribution in [2.75, 3.05) is 19.9 Å². The first-order valence-electron chi connectivity index (χ1n) is 9.29. The number of nitrogens with zero attached hydrogens (tertiary/aromatic N) is 3. The molecule has 0 amide bonds. The van der Waals surface area contributed by atoms with Gasteiger partial charge in [0.05, 0.1) is 37.6 Å². The summed E-state index contributed by atoms with van der Waals surface area (Å²) >= 11 is 0. The molecule has 3 atom stereocenters. The van der Waals surface area contributed by atoms with Crippen LogP contribution in [0.15, 0.2) is 17.4 Å². The predicted molar refractivity (Wildman–Crippen MR) is 106 cm³/mol. The van der Waals surface area contributed by atoms with Gasteiger partial charge in [-0.15, -0.1) is 0 Å². The lowest BCUT2D eigenvalue weighted by Crippen LogP contribution is -2.18. The van der Waals surface area contributed by atoms with E-state index in [1.54, 1.807) is 6.33 Å². The Hall–Kier alpha value is -1.58. The number of nitrogens with one attached hydrogen (secondary N) is 1. The molecule has 0 saturated carbocycles. The van der Waals surface area contributed by atoms with Crippen LogP contribution < -0.4 is 5.56 Å². The first-order valence-corrected chi connectivity index (χ1v) is 11.1. The number of imidazole rings is 1. The minimum absolute atomic E-state index is 0. The van der Waals surface area contributed by atoms with Gasteiger partial charge in [0, 0.05) is 15.1 Å². The number of aromatic amines is 1. The van der Waals surface area contributed by atoms with Gasteiger partial charge in [0.15, 0.2) is 11.2 Å². The number of ether oxygens (including phenoxy) is 1. The Kier molecular flexibility index (Phi) is 8.33. The molecular weight excluding hydrogens is 387 g/mol. The Labute approximate surface area is 164 Å². The van der Waals surface area contributed by atoms with Gasteiger partial charge in [0.1, 0.15) is 0 Å². The maximum Gasteiger partial charge on any atom is 0.328 e. The number of aliphatic hydroxyl groups excluding tert-OH is 1. The van der Waals surface area contributed by atoms with Crippen LogP contribution in [0.2, 0.25) is 0 Å². The van der Waals surface area contributed by atoms with Gasteiger partial charge in [0.2, 0.25) is 0 Å². The third-order valence-corrected chi connectivity index (χ3v) is 6.10. The summed E-state index contributed by atoms with van der Waals surface area (Å²) in [5.74, 6) is 0.105. The number of aryl methyl sites for hydroxylation is 1. The molecule has 1 aliphatic heterocycles. The fraction of sp³-hybridized carbons (Fsp3) is 0.706. The molecule has 3 rings (SSSR count). The van der Waals surface area contributed by atoms with Crippen LogP contribution in [0, 0.1) is 5.92 Å². The van der Waals surface area contributed by atoms with Gasteiger partial charge < -0.3 is 28.8 Å². The predicted octanol–water partition coefficient (Wildman–Crippen LogP) is 1.77. The van der Waals surface area contributed by atoms with Gasteiger partial charge in [-0.25, -0.2) is 9.97 Å². The Balaban J connectivity index is 0.00000136. The van der Waals surface area contributed by atoms with Crippen LogP contribution in [0.4, 0.5) is 0 Å². The first kappa shape index (κ1) is 22.7. The van der Waals surface area contributed by atoms with Crippen molar-refractivity contribution >= 4 is 18.8 Å². The standard InChI is InChI=1S/C16H25N4O5P.CH4O.H2/c1-11(2)8-26(22,23)24-7-13-4-3-12(25-13)5-6-20-10-19-14-15(20)17-9-18-16(14)21;1-2;/h9-13H,3-8H2,1-2H3,(H,22,23)(H,17,18,21);2H,1H3;1H/t12-,13+;;/m1../s1. The molecule has 0 spiro atoms. The summed E-state index contributed by atoms with van der Waals surface area (Å²) in [5.41, 5.74) is 0.634. The van der Waals surface area contributed by atoms with Crippen LogP contribution in [0.5, 0.6) is 0 Å². The summed E-state index contributed by atoms with van der Waals surface area (Å²) in [5, 5.41) is 7.00. The molecule has 2 aromatic rings. The van der Waals surface area contributed by atoms with Gasteiger partial charge in [-0.3, -0.25) is 9.36 Å². The molecule has 0 bridgehead atoms. The number of fused-ring (bicyclic) bond motifs is 1. The van der Waals surface area contributed by atoms with E-state index < -0.39 is 7.60 Å². The molecule has 1 fully saturated rings. The van der Waals surface area contributed by atoms with E-state index in [9.17, 15) is 14.3 Å². The lowest BCUT2D eigenvalue weighted by Gasteiger charge is -2.18. The SMILES string of the molecule is CC(C)CP(=O)(O)OC[C@@H]1CC[C@H](CCn2cnc3c(=O)[nH]cnc32)O1.CO.[HH]. The molecule has 11 heteroatoms. The Bertz CT molecular complexity index is 858. The summed E-state index contributed by atoms with van der Waals surface area (Å²) in [7, 11) is -2.54. The van der Waals surface area contributed by atoms with Crippen LogP contribution in [0.1, 0.15) is 34.5 Å².